The van der Waals surface area contributed by atoms with Crippen molar-refractivity contribution in [3.63, 3.8) is 0 Å². The molecule has 0 bridgehead atoms. The number of likely N-dealkylation sites (tertiary alicyclic amines) is 1. The molecule has 9 rings (SSSR count). The highest BCUT2D eigenvalue weighted by Crippen LogP contribution is 2.37. The van der Waals surface area contributed by atoms with E-state index in [1.165, 1.54) is 31.3 Å². The van der Waals surface area contributed by atoms with Gasteiger partial charge in [-0.3, -0.25) is 24.4 Å². The van der Waals surface area contributed by atoms with Crippen LogP contribution >= 0.6 is 23.2 Å². The number of halogens is 2. The van der Waals surface area contributed by atoms with Crippen molar-refractivity contribution in [3.8, 4) is 22.6 Å². The van der Waals surface area contributed by atoms with Gasteiger partial charge in [0.05, 0.1) is 16.7 Å². The molecule has 1 fully saturated rings. The lowest BCUT2D eigenvalue weighted by Crippen LogP contribution is -2.21. The lowest BCUT2D eigenvalue weighted by molar-refractivity contribution is -0.111. The van der Waals surface area contributed by atoms with E-state index in [0.717, 1.165) is 42.9 Å². The first-order chi connectivity index (χ1) is 28.6. The number of carboxylic acid groups (broad SMARTS) is 1. The standard InChI is InChI=1S/C26H24ClN3O3.C19H11ClN2O4/c27-19-5-7-23-21(13-19)22(26(32)29-23)14-20-6-8-25(33-20)18-12-17(15-28-16-18)24(31)4-3-11-30-9-1-2-10-30;20-12-1-3-16-14(6-12)15(18(23)22-16)7-13-2-4-17(26-13)10-5-11(19(24)25)9-21-8-10/h5-8,12-16H,1-4,9-11H2,(H,29,32);1-9H,(H,22,23)(H,24,25)/b22-14+;15-7+. The maximum Gasteiger partial charge on any atom is 0.337 e. The third-order valence-corrected chi connectivity index (χ3v) is 10.5. The van der Waals surface area contributed by atoms with Gasteiger partial charge in [0.1, 0.15) is 23.0 Å². The molecule has 6 aromatic rings. The molecule has 7 heterocycles. The van der Waals surface area contributed by atoms with Crippen LogP contribution in [0.4, 0.5) is 11.4 Å². The quantitative estimate of drug-likeness (QED) is 0.0893. The summed E-state index contributed by atoms with van der Waals surface area (Å²) in [5.74, 6) is 0.619. The molecule has 3 aliphatic rings. The maximum atomic E-state index is 12.7. The number of nitrogens with one attached hydrogen (secondary N) is 2. The molecule has 4 aromatic heterocycles. The molecule has 296 valence electrons. The van der Waals surface area contributed by atoms with E-state index in [1.807, 2.05) is 12.1 Å². The third kappa shape index (κ3) is 8.95. The second kappa shape index (κ2) is 17.1. The van der Waals surface area contributed by atoms with Crippen LogP contribution in [0.25, 0.3) is 45.9 Å². The number of anilines is 2. The van der Waals surface area contributed by atoms with E-state index in [-0.39, 0.29) is 23.2 Å². The van der Waals surface area contributed by atoms with Crippen LogP contribution in [0.1, 0.15) is 69.0 Å². The number of hydrogen-bond acceptors (Lipinski definition) is 9. The SMILES string of the molecule is O=C1Nc2ccc(Cl)cc2/C1=C\c1ccc(-c2cncc(C(=O)CCCN3CCCC3)c2)o1.O=C1Nc2ccc(Cl)cc2/C1=C\c1ccc(-c2cncc(C(=O)O)c2)o1. The van der Waals surface area contributed by atoms with Gasteiger partial charge in [-0.2, -0.15) is 0 Å². The number of carboxylic acids is 1. The molecule has 59 heavy (non-hydrogen) atoms. The number of fused-ring (bicyclic) bond motifs is 2. The number of aromatic carboxylic acids is 1. The van der Waals surface area contributed by atoms with Crippen LogP contribution in [0.5, 0.6) is 0 Å². The number of nitrogens with zero attached hydrogens (tertiary/aromatic N) is 3. The summed E-state index contributed by atoms with van der Waals surface area (Å²) in [5, 5.41) is 15.8. The summed E-state index contributed by atoms with van der Waals surface area (Å²) in [7, 11) is 0. The fourth-order valence-corrected chi connectivity index (χ4v) is 7.44. The molecule has 12 nitrogen and oxygen atoms in total. The molecular weight excluding hydrogens is 793 g/mol. The molecule has 2 amide bonds. The highest BCUT2D eigenvalue weighted by Gasteiger charge is 2.26. The Morgan fingerprint density at radius 3 is 1.73 bits per heavy atom. The van der Waals surface area contributed by atoms with Crippen LogP contribution in [0.15, 0.2) is 106 Å². The van der Waals surface area contributed by atoms with Gasteiger partial charge in [0.25, 0.3) is 11.8 Å². The van der Waals surface area contributed by atoms with Crippen LogP contribution in [0.3, 0.4) is 0 Å². The summed E-state index contributed by atoms with van der Waals surface area (Å²) in [4.78, 5) is 58.9. The predicted octanol–water partition coefficient (Wildman–Crippen LogP) is 9.73. The summed E-state index contributed by atoms with van der Waals surface area (Å²) >= 11 is 12.1. The van der Waals surface area contributed by atoms with E-state index in [4.69, 9.17) is 37.1 Å². The first kappa shape index (κ1) is 39.2. The lowest BCUT2D eigenvalue weighted by Gasteiger charge is -2.13. The molecule has 14 heteroatoms. The zero-order valence-electron chi connectivity index (χ0n) is 31.3. The number of rotatable bonds is 10. The minimum Gasteiger partial charge on any atom is -0.478 e. The van der Waals surface area contributed by atoms with Gasteiger partial charge >= 0.3 is 5.97 Å². The molecule has 0 saturated carbocycles. The Balaban J connectivity index is 0.000000169. The number of hydrogen-bond donors (Lipinski definition) is 3. The van der Waals surface area contributed by atoms with Crippen LogP contribution in [0.2, 0.25) is 10.0 Å². The van der Waals surface area contributed by atoms with Crippen LogP contribution in [0, 0.1) is 0 Å². The lowest BCUT2D eigenvalue weighted by atomic mass is 10.1. The van der Waals surface area contributed by atoms with Crippen molar-refractivity contribution in [2.45, 2.75) is 25.7 Å². The Kier molecular flexibility index (Phi) is 11.4. The van der Waals surface area contributed by atoms with Crippen molar-refractivity contribution in [1.29, 1.82) is 0 Å². The molecule has 1 saturated heterocycles. The van der Waals surface area contributed by atoms with Gasteiger partial charge in [0.15, 0.2) is 5.78 Å². The smallest absolute Gasteiger partial charge is 0.337 e. The number of carbonyl (C=O) groups excluding carboxylic acids is 3. The van der Waals surface area contributed by atoms with E-state index in [0.29, 0.717) is 73.0 Å². The average molecular weight is 829 g/mol. The van der Waals surface area contributed by atoms with Crippen molar-refractivity contribution in [1.82, 2.24) is 14.9 Å². The molecule has 2 aromatic carbocycles. The van der Waals surface area contributed by atoms with Crippen LogP contribution in [-0.4, -0.2) is 63.2 Å². The summed E-state index contributed by atoms with van der Waals surface area (Å²) in [5.41, 5.74) is 5.72. The molecule has 3 N–H and O–H groups in total. The molecule has 0 radical (unpaired) electrons. The predicted molar refractivity (Wildman–Crippen MR) is 226 cm³/mol. The number of furan rings is 2. The topological polar surface area (TPSA) is 168 Å². The van der Waals surface area contributed by atoms with Gasteiger partial charge in [-0.15, -0.1) is 0 Å². The number of Topliss-reactive ketones (excluding diaryl/α,β-unsaturated/α-hetero) is 1. The normalized spacial score (nSPS) is 15.8. The number of aromatic nitrogens is 2. The van der Waals surface area contributed by atoms with E-state index in [9.17, 15) is 19.2 Å². The average Bonchev–Trinajstić information content (AvgIpc) is 4.09. The summed E-state index contributed by atoms with van der Waals surface area (Å²) in [6, 6.07) is 20.7. The number of carbonyl (C=O) groups is 4. The van der Waals surface area contributed by atoms with E-state index in [2.05, 4.69) is 25.5 Å². The minimum atomic E-state index is -1.07. The zero-order chi connectivity index (χ0) is 41.0. The second-order valence-electron chi connectivity index (χ2n) is 14.1. The van der Waals surface area contributed by atoms with Gasteiger partial charge in [-0.05, 0) is 124 Å². The second-order valence-corrected chi connectivity index (χ2v) is 15.0. The highest BCUT2D eigenvalue weighted by atomic mass is 35.5. The van der Waals surface area contributed by atoms with Crippen molar-refractivity contribution >= 4 is 81.4 Å². The van der Waals surface area contributed by atoms with Crippen molar-refractivity contribution in [2.24, 2.45) is 0 Å². The maximum absolute atomic E-state index is 12.7. The summed E-state index contributed by atoms with van der Waals surface area (Å²) in [6.07, 6.45) is 13.3. The molecule has 3 aliphatic heterocycles. The Morgan fingerprint density at radius 2 is 1.20 bits per heavy atom. The first-order valence-electron chi connectivity index (χ1n) is 18.8. The van der Waals surface area contributed by atoms with Gasteiger partial charge in [-0.1, -0.05) is 23.2 Å². The highest BCUT2D eigenvalue weighted by molar-refractivity contribution is 6.37. The van der Waals surface area contributed by atoms with Crippen LogP contribution in [-0.2, 0) is 9.59 Å². The van der Waals surface area contributed by atoms with Crippen molar-refractivity contribution in [3.05, 3.63) is 141 Å². The van der Waals surface area contributed by atoms with E-state index < -0.39 is 5.97 Å². The van der Waals surface area contributed by atoms with Crippen molar-refractivity contribution in [2.75, 3.05) is 30.3 Å². The Hall–Kier alpha value is -6.60. The molecular formula is C45H35Cl2N5O7. The van der Waals surface area contributed by atoms with Crippen molar-refractivity contribution < 1.29 is 33.1 Å². The summed E-state index contributed by atoms with van der Waals surface area (Å²) < 4.78 is 11.7. The number of benzene rings is 2. The third-order valence-electron chi connectivity index (χ3n) is 10.0. The fraction of sp³-hybridized carbons (Fsp3) is 0.156. The molecule has 0 spiro atoms. The zero-order valence-corrected chi connectivity index (χ0v) is 32.8. The minimum absolute atomic E-state index is 0.0672. The fourth-order valence-electron chi connectivity index (χ4n) is 7.10. The first-order valence-corrected chi connectivity index (χ1v) is 19.6. The van der Waals surface area contributed by atoms with Gasteiger partial charge in [0.2, 0.25) is 0 Å². The van der Waals surface area contributed by atoms with Gasteiger partial charge in [-0.25, -0.2) is 4.79 Å². The summed E-state index contributed by atoms with van der Waals surface area (Å²) in [6.45, 7) is 3.25. The Labute approximate surface area is 348 Å². The Morgan fingerprint density at radius 1 is 0.695 bits per heavy atom. The monoisotopic (exact) mass is 827 g/mol. The van der Waals surface area contributed by atoms with Gasteiger partial charge in [0, 0.05) is 80.4 Å². The molecule has 0 unspecified atom stereocenters. The van der Waals surface area contributed by atoms with E-state index >= 15 is 0 Å². The largest absolute Gasteiger partial charge is 0.478 e. The van der Waals surface area contributed by atoms with E-state index in [1.54, 1.807) is 79.1 Å². The Bertz CT molecular complexity index is 2690. The number of amides is 2. The molecule has 0 aliphatic carbocycles. The molecule has 0 atom stereocenters. The van der Waals surface area contributed by atoms with Crippen LogP contribution < -0.4 is 10.6 Å². The number of pyridine rings is 2. The van der Waals surface area contributed by atoms with Gasteiger partial charge < -0.3 is 29.5 Å². The number of ketones is 1.